The van der Waals surface area contributed by atoms with Crippen LogP contribution in [0.4, 0.5) is 10.5 Å². The molecule has 7 heteroatoms. The summed E-state index contributed by atoms with van der Waals surface area (Å²) in [4.78, 5) is 11.6. The second kappa shape index (κ2) is 7.25. The monoisotopic (exact) mass is 299 g/mol. The fraction of sp³-hybridized carbons (Fsp3) is 0.462. The van der Waals surface area contributed by atoms with Crippen LogP contribution in [0.3, 0.4) is 0 Å². The van der Waals surface area contributed by atoms with Gasteiger partial charge in [-0.15, -0.1) is 0 Å². The van der Waals surface area contributed by atoms with Crippen molar-refractivity contribution in [3.05, 3.63) is 29.8 Å². The molecule has 0 aromatic heterocycles. The maximum absolute atomic E-state index is 11.6. The molecule has 0 bridgehead atoms. The van der Waals surface area contributed by atoms with E-state index in [-0.39, 0.29) is 18.3 Å². The number of carbonyl (C=O) groups excluding carboxylic acids is 1. The van der Waals surface area contributed by atoms with E-state index in [4.69, 9.17) is 0 Å². The molecule has 2 amide bonds. The minimum atomic E-state index is -3.06. The molecule has 0 saturated carbocycles. The third-order valence-electron chi connectivity index (χ3n) is 2.84. The molecule has 20 heavy (non-hydrogen) atoms. The first-order chi connectivity index (χ1) is 9.31. The van der Waals surface area contributed by atoms with E-state index in [9.17, 15) is 13.2 Å². The first kappa shape index (κ1) is 16.5. The lowest BCUT2D eigenvalue weighted by Gasteiger charge is -2.13. The zero-order chi connectivity index (χ0) is 15.2. The van der Waals surface area contributed by atoms with E-state index in [0.717, 1.165) is 11.8 Å². The predicted molar refractivity (Wildman–Crippen MR) is 80.6 cm³/mol. The van der Waals surface area contributed by atoms with Crippen LogP contribution in [0.1, 0.15) is 18.5 Å². The second-order valence-electron chi connectivity index (χ2n) is 4.65. The van der Waals surface area contributed by atoms with Crippen LogP contribution in [-0.4, -0.2) is 40.0 Å². The number of carbonyl (C=O) groups is 1. The second-order valence-corrected chi connectivity index (χ2v) is 6.91. The fourth-order valence-corrected chi connectivity index (χ4v) is 2.05. The smallest absolute Gasteiger partial charge is 0.319 e. The van der Waals surface area contributed by atoms with Crippen molar-refractivity contribution < 1.29 is 13.2 Å². The van der Waals surface area contributed by atoms with Gasteiger partial charge in [0.05, 0.1) is 5.75 Å². The summed E-state index contributed by atoms with van der Waals surface area (Å²) in [6.45, 7) is 2.11. The van der Waals surface area contributed by atoms with Crippen LogP contribution < -0.4 is 16.0 Å². The maximum Gasteiger partial charge on any atom is 0.319 e. The molecule has 0 fully saturated rings. The van der Waals surface area contributed by atoms with Crippen LogP contribution in [0, 0.1) is 0 Å². The molecule has 0 radical (unpaired) electrons. The molecule has 0 aliphatic rings. The van der Waals surface area contributed by atoms with Crippen molar-refractivity contribution in [1.82, 2.24) is 10.6 Å². The van der Waals surface area contributed by atoms with E-state index < -0.39 is 15.9 Å². The zero-order valence-electron chi connectivity index (χ0n) is 11.9. The summed E-state index contributed by atoms with van der Waals surface area (Å²) < 4.78 is 21.9. The van der Waals surface area contributed by atoms with Crippen molar-refractivity contribution in [2.45, 2.75) is 13.0 Å². The van der Waals surface area contributed by atoms with Gasteiger partial charge < -0.3 is 16.0 Å². The topological polar surface area (TPSA) is 87.3 Å². The quantitative estimate of drug-likeness (QED) is 0.735. The first-order valence-corrected chi connectivity index (χ1v) is 8.37. The van der Waals surface area contributed by atoms with Crippen molar-refractivity contribution in [3.8, 4) is 0 Å². The number of anilines is 1. The molecule has 1 unspecified atom stereocenters. The Hall–Kier alpha value is -1.60. The highest BCUT2D eigenvalue weighted by Crippen LogP contribution is 2.16. The van der Waals surface area contributed by atoms with Gasteiger partial charge in [0.2, 0.25) is 0 Å². The highest BCUT2D eigenvalue weighted by atomic mass is 32.2. The van der Waals surface area contributed by atoms with Crippen LogP contribution in [0.25, 0.3) is 0 Å². The Kier molecular flexibility index (Phi) is 5.97. The average Bonchev–Trinajstić information content (AvgIpc) is 2.36. The van der Waals surface area contributed by atoms with Crippen LogP contribution in [0.2, 0.25) is 0 Å². The molecule has 112 valence electrons. The summed E-state index contributed by atoms with van der Waals surface area (Å²) in [5.74, 6) is -0.0722. The van der Waals surface area contributed by atoms with Crippen molar-refractivity contribution in [2.75, 3.05) is 30.9 Å². The molecule has 0 aliphatic heterocycles. The fourth-order valence-electron chi connectivity index (χ4n) is 1.58. The Balaban J connectivity index is 2.54. The first-order valence-electron chi connectivity index (χ1n) is 6.31. The van der Waals surface area contributed by atoms with Gasteiger partial charge in [0.15, 0.2) is 0 Å². The minimum Gasteiger partial charge on any atom is -0.337 e. The van der Waals surface area contributed by atoms with Gasteiger partial charge in [-0.05, 0) is 31.7 Å². The number of rotatable bonds is 6. The van der Waals surface area contributed by atoms with Crippen LogP contribution in [-0.2, 0) is 9.84 Å². The average molecular weight is 299 g/mol. The number of amides is 2. The molecule has 1 aromatic carbocycles. The van der Waals surface area contributed by atoms with Gasteiger partial charge in [0.1, 0.15) is 9.84 Å². The van der Waals surface area contributed by atoms with Crippen LogP contribution in [0.5, 0.6) is 0 Å². The summed E-state index contributed by atoms with van der Waals surface area (Å²) in [7, 11) is -1.20. The van der Waals surface area contributed by atoms with Gasteiger partial charge in [0, 0.05) is 24.5 Å². The van der Waals surface area contributed by atoms with Gasteiger partial charge >= 0.3 is 6.03 Å². The highest BCUT2D eigenvalue weighted by Gasteiger charge is 2.07. The molecule has 0 aliphatic carbocycles. The summed E-state index contributed by atoms with van der Waals surface area (Å²) in [6, 6.07) is 7.25. The van der Waals surface area contributed by atoms with E-state index in [2.05, 4.69) is 16.0 Å². The minimum absolute atomic E-state index is 0.0722. The van der Waals surface area contributed by atoms with E-state index >= 15 is 0 Å². The normalized spacial score (nSPS) is 12.8. The Bertz CT molecular complexity index is 558. The Morgan fingerprint density at radius 1 is 1.35 bits per heavy atom. The number of nitrogens with one attached hydrogen (secondary N) is 3. The molecule has 3 N–H and O–H groups in total. The van der Waals surface area contributed by atoms with Gasteiger partial charge in [-0.25, -0.2) is 13.2 Å². The molecule has 6 nitrogen and oxygen atoms in total. The van der Waals surface area contributed by atoms with E-state index in [1.807, 2.05) is 32.2 Å². The Morgan fingerprint density at radius 3 is 2.65 bits per heavy atom. The van der Waals surface area contributed by atoms with Crippen molar-refractivity contribution >= 4 is 21.6 Å². The standard InChI is InChI=1S/C13H21N3O3S/c1-10(14-2)11-5-4-6-12(9-11)16-13(17)15-7-8-20(3,18)19/h4-6,9-10,14H,7-8H2,1-3H3,(H2,15,16,17). The van der Waals surface area contributed by atoms with E-state index in [1.54, 1.807) is 6.07 Å². The third-order valence-corrected chi connectivity index (χ3v) is 3.78. The summed E-state index contributed by atoms with van der Waals surface area (Å²) in [5, 5.41) is 8.30. The number of hydrogen-bond acceptors (Lipinski definition) is 4. The van der Waals surface area contributed by atoms with Crippen LogP contribution in [0.15, 0.2) is 24.3 Å². The van der Waals surface area contributed by atoms with Gasteiger partial charge in [-0.3, -0.25) is 0 Å². The summed E-state index contributed by atoms with van der Waals surface area (Å²) in [5.41, 5.74) is 1.72. The van der Waals surface area contributed by atoms with E-state index in [0.29, 0.717) is 5.69 Å². The Labute approximate surface area is 119 Å². The van der Waals surface area contributed by atoms with Gasteiger partial charge in [0.25, 0.3) is 0 Å². The lowest BCUT2D eigenvalue weighted by molar-refractivity contribution is 0.252. The lowest BCUT2D eigenvalue weighted by atomic mass is 10.1. The molecule has 0 heterocycles. The SMILES string of the molecule is CNC(C)c1cccc(NC(=O)NCCS(C)(=O)=O)c1. The zero-order valence-corrected chi connectivity index (χ0v) is 12.8. The molecule has 0 saturated heterocycles. The largest absolute Gasteiger partial charge is 0.337 e. The van der Waals surface area contributed by atoms with Crippen molar-refractivity contribution in [3.63, 3.8) is 0 Å². The van der Waals surface area contributed by atoms with E-state index in [1.165, 1.54) is 0 Å². The molecular formula is C13H21N3O3S. The van der Waals surface area contributed by atoms with Crippen molar-refractivity contribution in [2.24, 2.45) is 0 Å². The summed E-state index contributed by atoms with van der Waals surface area (Å²) in [6.07, 6.45) is 1.13. The van der Waals surface area contributed by atoms with Gasteiger partial charge in [-0.1, -0.05) is 12.1 Å². The molecule has 1 rings (SSSR count). The molecular weight excluding hydrogens is 278 g/mol. The third kappa shape index (κ3) is 6.03. The Morgan fingerprint density at radius 2 is 2.05 bits per heavy atom. The predicted octanol–water partition coefficient (Wildman–Crippen LogP) is 1.13. The summed E-state index contributed by atoms with van der Waals surface area (Å²) >= 11 is 0. The number of benzene rings is 1. The lowest BCUT2D eigenvalue weighted by Crippen LogP contribution is -2.32. The van der Waals surface area contributed by atoms with Gasteiger partial charge in [-0.2, -0.15) is 0 Å². The van der Waals surface area contributed by atoms with Crippen LogP contribution >= 0.6 is 0 Å². The number of sulfone groups is 1. The number of hydrogen-bond donors (Lipinski definition) is 3. The highest BCUT2D eigenvalue weighted by molar-refractivity contribution is 7.90. The number of urea groups is 1. The maximum atomic E-state index is 11.6. The van der Waals surface area contributed by atoms with Crippen molar-refractivity contribution in [1.29, 1.82) is 0 Å². The molecule has 1 atom stereocenters. The molecule has 1 aromatic rings. The molecule has 0 spiro atoms.